The molecule has 0 unspecified atom stereocenters. The van der Waals surface area contributed by atoms with Crippen LogP contribution in [0.4, 0.5) is 0 Å². The number of carbonyl (C=O) groups excluding carboxylic acids is 1. The van der Waals surface area contributed by atoms with Crippen LogP contribution < -0.4 is 10.6 Å². The van der Waals surface area contributed by atoms with Crippen LogP contribution in [-0.2, 0) is 9.30 Å². The Labute approximate surface area is 192 Å². The van der Waals surface area contributed by atoms with E-state index in [9.17, 15) is 9.36 Å². The molecule has 2 atom stereocenters. The normalized spacial score (nSPS) is 13.3. The molecule has 168 valence electrons. The molecule has 32 heavy (non-hydrogen) atoms. The fourth-order valence-electron chi connectivity index (χ4n) is 4.25. The Morgan fingerprint density at radius 1 is 0.750 bits per heavy atom. The van der Waals surface area contributed by atoms with Gasteiger partial charge in [0, 0.05) is 22.7 Å². The van der Waals surface area contributed by atoms with Gasteiger partial charge in [-0.25, -0.2) is 4.79 Å². The first-order valence-corrected chi connectivity index (χ1v) is 13.4. The summed E-state index contributed by atoms with van der Waals surface area (Å²) in [6, 6.07) is 28.6. The van der Waals surface area contributed by atoms with Crippen LogP contribution in [0.15, 0.2) is 91.0 Å². The average Bonchev–Trinajstić information content (AvgIpc) is 2.85. The molecular formula is C28H33O3P. The highest BCUT2D eigenvalue weighted by atomic mass is 31.2. The second-order valence-electron chi connectivity index (χ2n) is 8.24. The zero-order chi connectivity index (χ0) is 22.8. The fourth-order valence-corrected chi connectivity index (χ4v) is 7.35. The van der Waals surface area contributed by atoms with Gasteiger partial charge < -0.3 is 9.30 Å². The maximum Gasteiger partial charge on any atom is 0.338 e. The van der Waals surface area contributed by atoms with Crippen molar-refractivity contribution in [2.75, 3.05) is 6.16 Å². The molecule has 0 saturated carbocycles. The summed E-state index contributed by atoms with van der Waals surface area (Å²) in [5, 5.41) is 1.72. The Bertz CT molecular complexity index is 959. The van der Waals surface area contributed by atoms with Gasteiger partial charge >= 0.3 is 5.97 Å². The molecule has 3 rings (SSSR count). The smallest absolute Gasteiger partial charge is 0.338 e. The Kier molecular flexibility index (Phi) is 8.88. The summed E-state index contributed by atoms with van der Waals surface area (Å²) in [6.45, 7) is 4.23. The van der Waals surface area contributed by atoms with E-state index in [0.717, 1.165) is 36.3 Å². The lowest BCUT2D eigenvalue weighted by molar-refractivity contribution is 0.0125. The van der Waals surface area contributed by atoms with Crippen molar-refractivity contribution >= 4 is 23.7 Å². The maximum absolute atomic E-state index is 14.6. The zero-order valence-corrected chi connectivity index (χ0v) is 19.9. The molecule has 0 fully saturated rings. The Balaban J connectivity index is 1.94. The largest absolute Gasteiger partial charge is 0.458 e. The van der Waals surface area contributed by atoms with Crippen molar-refractivity contribution < 1.29 is 14.1 Å². The lowest BCUT2D eigenvalue weighted by Crippen LogP contribution is -2.32. The Morgan fingerprint density at radius 3 is 1.69 bits per heavy atom. The van der Waals surface area contributed by atoms with Gasteiger partial charge in [-0.05, 0) is 25.0 Å². The number of esters is 1. The first-order valence-electron chi connectivity index (χ1n) is 11.5. The Morgan fingerprint density at radius 2 is 1.22 bits per heavy atom. The van der Waals surface area contributed by atoms with Gasteiger partial charge in [0.1, 0.15) is 13.2 Å². The summed E-state index contributed by atoms with van der Waals surface area (Å²) in [5.74, 6) is -0.293. The van der Waals surface area contributed by atoms with E-state index in [4.69, 9.17) is 4.74 Å². The van der Waals surface area contributed by atoms with Crippen molar-refractivity contribution in [2.24, 2.45) is 5.92 Å². The molecule has 0 heterocycles. The first-order chi connectivity index (χ1) is 15.6. The van der Waals surface area contributed by atoms with Gasteiger partial charge in [0.05, 0.1) is 5.56 Å². The number of rotatable bonds is 11. The van der Waals surface area contributed by atoms with Crippen LogP contribution in [0.1, 0.15) is 49.9 Å². The van der Waals surface area contributed by atoms with E-state index in [1.807, 2.05) is 78.9 Å². The fraction of sp³-hybridized carbons (Fsp3) is 0.321. The van der Waals surface area contributed by atoms with Crippen molar-refractivity contribution in [2.45, 2.75) is 45.6 Å². The highest BCUT2D eigenvalue weighted by molar-refractivity contribution is 7.78. The van der Waals surface area contributed by atoms with E-state index in [2.05, 4.69) is 13.8 Å². The van der Waals surface area contributed by atoms with Crippen LogP contribution in [-0.4, -0.2) is 18.2 Å². The molecular weight excluding hydrogens is 415 g/mol. The van der Waals surface area contributed by atoms with Crippen molar-refractivity contribution in [3.8, 4) is 0 Å². The maximum atomic E-state index is 14.6. The second-order valence-corrected chi connectivity index (χ2v) is 11.1. The minimum absolute atomic E-state index is 0.0128. The standard InChI is InChI=1S/C28H33O3P/c1-3-14-24(27(15-4-2)31-28(29)23-16-8-5-9-17-23)22-32(30,25-18-10-6-11-19-25)26-20-12-7-13-21-26/h5-13,16-21,24,27H,3-4,14-15,22H2,1-2H3/t24-,27-/m0/s1. The SMILES string of the molecule is CCC[C@@H](CP(=O)(c1ccccc1)c1ccccc1)[C@H](CCC)OC(=O)c1ccccc1. The molecule has 0 N–H and O–H groups in total. The Hall–Kier alpha value is -2.64. The molecule has 0 spiro atoms. The molecule has 0 aliphatic heterocycles. The second kappa shape index (κ2) is 11.8. The molecule has 0 bridgehead atoms. The van der Waals surface area contributed by atoms with E-state index in [1.54, 1.807) is 12.1 Å². The summed E-state index contributed by atoms with van der Waals surface area (Å²) in [6.07, 6.45) is 3.67. The third-order valence-corrected chi connectivity index (χ3v) is 9.11. The summed E-state index contributed by atoms with van der Waals surface area (Å²) < 4.78 is 20.7. The molecule has 3 aromatic carbocycles. The van der Waals surface area contributed by atoms with Crippen molar-refractivity contribution in [1.82, 2.24) is 0 Å². The van der Waals surface area contributed by atoms with E-state index >= 15 is 0 Å². The number of benzene rings is 3. The van der Waals surface area contributed by atoms with Crippen molar-refractivity contribution in [3.63, 3.8) is 0 Å². The molecule has 4 heteroatoms. The van der Waals surface area contributed by atoms with Gasteiger partial charge in [-0.15, -0.1) is 0 Å². The molecule has 3 nitrogen and oxygen atoms in total. The van der Waals surface area contributed by atoms with Gasteiger partial charge in [-0.1, -0.05) is 106 Å². The predicted octanol–water partition coefficient (Wildman–Crippen LogP) is 6.44. The van der Waals surface area contributed by atoms with Crippen LogP contribution in [0.3, 0.4) is 0 Å². The minimum Gasteiger partial charge on any atom is -0.458 e. The van der Waals surface area contributed by atoms with E-state index in [1.165, 1.54) is 0 Å². The van der Waals surface area contributed by atoms with Crippen LogP contribution in [0.25, 0.3) is 0 Å². The van der Waals surface area contributed by atoms with E-state index in [-0.39, 0.29) is 18.0 Å². The molecule has 0 aliphatic rings. The van der Waals surface area contributed by atoms with Gasteiger partial charge in [-0.3, -0.25) is 0 Å². The average molecular weight is 449 g/mol. The molecule has 0 aromatic heterocycles. The monoisotopic (exact) mass is 448 g/mol. The van der Waals surface area contributed by atoms with Crippen molar-refractivity contribution in [1.29, 1.82) is 0 Å². The molecule has 3 aromatic rings. The van der Waals surface area contributed by atoms with Gasteiger partial charge in [0.25, 0.3) is 0 Å². The van der Waals surface area contributed by atoms with E-state index < -0.39 is 7.14 Å². The van der Waals surface area contributed by atoms with Gasteiger partial charge in [0.2, 0.25) is 0 Å². The van der Waals surface area contributed by atoms with Crippen LogP contribution in [0.5, 0.6) is 0 Å². The van der Waals surface area contributed by atoms with Gasteiger partial charge in [0.15, 0.2) is 0 Å². The highest BCUT2D eigenvalue weighted by Gasteiger charge is 2.35. The number of hydrogen-bond donors (Lipinski definition) is 0. The van der Waals surface area contributed by atoms with Crippen LogP contribution in [0, 0.1) is 5.92 Å². The summed E-state index contributed by atoms with van der Waals surface area (Å²) in [5.41, 5.74) is 0.554. The molecule has 0 radical (unpaired) electrons. The summed E-state index contributed by atoms with van der Waals surface area (Å²) >= 11 is 0. The third-order valence-electron chi connectivity index (χ3n) is 5.86. The third kappa shape index (κ3) is 5.99. The van der Waals surface area contributed by atoms with Gasteiger partial charge in [-0.2, -0.15) is 0 Å². The zero-order valence-electron chi connectivity index (χ0n) is 19.0. The number of ether oxygens (including phenoxy) is 1. The lowest BCUT2D eigenvalue weighted by Gasteiger charge is -2.31. The first kappa shape index (κ1) is 24.0. The van der Waals surface area contributed by atoms with Crippen molar-refractivity contribution in [3.05, 3.63) is 96.6 Å². The lowest BCUT2D eigenvalue weighted by atomic mass is 9.95. The quantitative estimate of drug-likeness (QED) is 0.250. The number of hydrogen-bond acceptors (Lipinski definition) is 3. The molecule has 0 saturated heterocycles. The van der Waals surface area contributed by atoms with Crippen LogP contribution in [0.2, 0.25) is 0 Å². The predicted molar refractivity (Wildman–Crippen MR) is 134 cm³/mol. The summed E-state index contributed by atoms with van der Waals surface area (Å²) in [4.78, 5) is 12.9. The highest BCUT2D eigenvalue weighted by Crippen LogP contribution is 2.47. The summed E-state index contributed by atoms with van der Waals surface area (Å²) in [7, 11) is -2.89. The number of carbonyl (C=O) groups is 1. The van der Waals surface area contributed by atoms with Crippen LogP contribution >= 0.6 is 7.14 Å². The minimum atomic E-state index is -2.89. The molecule has 0 aliphatic carbocycles. The van der Waals surface area contributed by atoms with E-state index in [0.29, 0.717) is 11.7 Å². The molecule has 0 amide bonds. The topological polar surface area (TPSA) is 43.4 Å².